The summed E-state index contributed by atoms with van der Waals surface area (Å²) in [6.45, 7) is 9.71. The molecule has 2 heterocycles. The number of fused-ring (bicyclic) bond motifs is 1. The van der Waals surface area contributed by atoms with Gasteiger partial charge in [-0.15, -0.1) is 0 Å². The van der Waals surface area contributed by atoms with Crippen LogP contribution < -0.4 is 10.9 Å². The maximum atomic E-state index is 13.2. The van der Waals surface area contributed by atoms with E-state index >= 15 is 0 Å². The maximum Gasteiger partial charge on any atom is 0.281 e. The van der Waals surface area contributed by atoms with E-state index in [0.717, 1.165) is 22.5 Å². The van der Waals surface area contributed by atoms with Crippen LogP contribution in [0.2, 0.25) is 0 Å². The standard InChI is InChI=1S/C21H26N4O2/c1-6-18(20(26)23-13(2)3)24-14(4)17-12-22-25(16-10-8-7-9-11-16)21(27)19(17)15(24)5/h7-13,18H,6H2,1-5H3,(H,23,26). The summed E-state index contributed by atoms with van der Waals surface area (Å²) in [5.74, 6) is -0.0321. The number of carbonyl (C=O) groups is 1. The highest BCUT2D eigenvalue weighted by Crippen LogP contribution is 2.28. The lowest BCUT2D eigenvalue weighted by Gasteiger charge is -2.22. The zero-order chi connectivity index (χ0) is 19.7. The predicted molar refractivity (Wildman–Crippen MR) is 107 cm³/mol. The highest BCUT2D eigenvalue weighted by atomic mass is 16.2. The van der Waals surface area contributed by atoms with Crippen molar-refractivity contribution in [2.75, 3.05) is 0 Å². The van der Waals surface area contributed by atoms with Crippen molar-refractivity contribution >= 4 is 16.7 Å². The lowest BCUT2D eigenvalue weighted by atomic mass is 10.1. The third kappa shape index (κ3) is 3.27. The molecule has 0 fully saturated rings. The summed E-state index contributed by atoms with van der Waals surface area (Å²) in [5.41, 5.74) is 2.24. The zero-order valence-corrected chi connectivity index (χ0v) is 16.5. The smallest absolute Gasteiger partial charge is 0.281 e. The molecule has 0 saturated heterocycles. The number of aryl methyl sites for hydroxylation is 2. The Labute approximate surface area is 158 Å². The molecule has 1 N–H and O–H groups in total. The van der Waals surface area contributed by atoms with Crippen molar-refractivity contribution in [1.29, 1.82) is 0 Å². The van der Waals surface area contributed by atoms with Gasteiger partial charge >= 0.3 is 0 Å². The van der Waals surface area contributed by atoms with Gasteiger partial charge in [0.05, 0.1) is 17.3 Å². The van der Waals surface area contributed by atoms with Crippen LogP contribution in [-0.4, -0.2) is 26.3 Å². The van der Waals surface area contributed by atoms with E-state index in [1.807, 2.05) is 69.5 Å². The predicted octanol–water partition coefficient (Wildman–Crippen LogP) is 3.28. The molecule has 27 heavy (non-hydrogen) atoms. The second kappa shape index (κ2) is 7.39. The molecule has 1 aromatic carbocycles. The number of rotatable bonds is 5. The average molecular weight is 366 g/mol. The molecule has 0 bridgehead atoms. The second-order valence-electron chi connectivity index (χ2n) is 7.11. The van der Waals surface area contributed by atoms with Gasteiger partial charge in [-0.3, -0.25) is 9.59 Å². The molecule has 2 aromatic heterocycles. The maximum absolute atomic E-state index is 13.2. The Hall–Kier alpha value is -2.89. The van der Waals surface area contributed by atoms with E-state index in [1.54, 1.807) is 6.20 Å². The van der Waals surface area contributed by atoms with Crippen LogP contribution >= 0.6 is 0 Å². The van der Waals surface area contributed by atoms with E-state index < -0.39 is 0 Å². The number of carbonyl (C=O) groups excluding carboxylic acids is 1. The summed E-state index contributed by atoms with van der Waals surface area (Å²) in [6.07, 6.45) is 2.36. The van der Waals surface area contributed by atoms with Gasteiger partial charge in [-0.2, -0.15) is 9.78 Å². The molecule has 3 aromatic rings. The van der Waals surface area contributed by atoms with Crippen LogP contribution in [0.25, 0.3) is 16.5 Å². The fourth-order valence-corrected chi connectivity index (χ4v) is 3.67. The third-order valence-electron chi connectivity index (χ3n) is 4.88. The quantitative estimate of drug-likeness (QED) is 0.753. The van der Waals surface area contributed by atoms with Crippen LogP contribution in [0.1, 0.15) is 44.6 Å². The summed E-state index contributed by atoms with van der Waals surface area (Å²) in [6, 6.07) is 9.06. The SMILES string of the molecule is CCC(C(=O)NC(C)C)n1c(C)c2cnn(-c3ccccc3)c(=O)c2c1C. The van der Waals surface area contributed by atoms with Crippen LogP contribution in [0.15, 0.2) is 41.3 Å². The molecule has 0 saturated carbocycles. The highest BCUT2D eigenvalue weighted by molar-refractivity contribution is 5.89. The van der Waals surface area contributed by atoms with Gasteiger partial charge in [0.25, 0.3) is 5.56 Å². The summed E-state index contributed by atoms with van der Waals surface area (Å²) >= 11 is 0. The molecule has 0 radical (unpaired) electrons. The van der Waals surface area contributed by atoms with Crippen molar-refractivity contribution in [3.63, 3.8) is 0 Å². The number of amides is 1. The van der Waals surface area contributed by atoms with Crippen molar-refractivity contribution in [2.24, 2.45) is 0 Å². The Morgan fingerprint density at radius 3 is 2.41 bits per heavy atom. The fourth-order valence-electron chi connectivity index (χ4n) is 3.67. The minimum absolute atomic E-state index is 0.0321. The first-order valence-electron chi connectivity index (χ1n) is 9.32. The Balaban J connectivity index is 2.21. The van der Waals surface area contributed by atoms with Gasteiger partial charge in [0.15, 0.2) is 0 Å². The normalized spacial score (nSPS) is 12.5. The molecule has 0 aliphatic carbocycles. The first-order chi connectivity index (χ1) is 12.9. The van der Waals surface area contributed by atoms with Gasteiger partial charge in [0, 0.05) is 22.8 Å². The van der Waals surface area contributed by atoms with Crippen molar-refractivity contribution in [3.8, 4) is 5.69 Å². The first-order valence-corrected chi connectivity index (χ1v) is 9.32. The number of hydrogen-bond donors (Lipinski definition) is 1. The van der Waals surface area contributed by atoms with Crippen molar-refractivity contribution in [2.45, 2.75) is 53.1 Å². The van der Waals surface area contributed by atoms with E-state index in [9.17, 15) is 9.59 Å². The molecule has 3 rings (SSSR count). The van der Waals surface area contributed by atoms with Crippen LogP contribution in [0.4, 0.5) is 0 Å². The summed E-state index contributed by atoms with van der Waals surface area (Å²) in [5, 5.41) is 8.75. The van der Waals surface area contributed by atoms with Gasteiger partial charge in [-0.05, 0) is 46.2 Å². The van der Waals surface area contributed by atoms with E-state index in [2.05, 4.69) is 10.4 Å². The molecular formula is C21H26N4O2. The van der Waals surface area contributed by atoms with Gasteiger partial charge in [0.1, 0.15) is 6.04 Å². The summed E-state index contributed by atoms with van der Waals surface area (Å²) in [4.78, 5) is 25.9. The summed E-state index contributed by atoms with van der Waals surface area (Å²) in [7, 11) is 0. The Morgan fingerprint density at radius 1 is 1.15 bits per heavy atom. The molecule has 0 spiro atoms. The number of benzene rings is 1. The molecule has 1 amide bonds. The number of aromatic nitrogens is 3. The lowest BCUT2D eigenvalue weighted by molar-refractivity contribution is -0.125. The molecule has 1 atom stereocenters. The van der Waals surface area contributed by atoms with Crippen LogP contribution in [0.5, 0.6) is 0 Å². The largest absolute Gasteiger partial charge is 0.352 e. The van der Waals surface area contributed by atoms with E-state index in [4.69, 9.17) is 0 Å². The first kappa shape index (κ1) is 18.9. The van der Waals surface area contributed by atoms with Gasteiger partial charge in [0.2, 0.25) is 5.91 Å². The van der Waals surface area contributed by atoms with E-state index in [1.165, 1.54) is 4.68 Å². The van der Waals surface area contributed by atoms with Crippen molar-refractivity contribution in [1.82, 2.24) is 19.7 Å². The van der Waals surface area contributed by atoms with Crippen molar-refractivity contribution < 1.29 is 4.79 Å². The van der Waals surface area contributed by atoms with Crippen molar-refractivity contribution in [3.05, 3.63) is 58.3 Å². The third-order valence-corrected chi connectivity index (χ3v) is 4.88. The van der Waals surface area contributed by atoms with Gasteiger partial charge in [-0.25, -0.2) is 0 Å². The van der Waals surface area contributed by atoms with E-state index in [0.29, 0.717) is 11.8 Å². The number of nitrogens with one attached hydrogen (secondary N) is 1. The molecular weight excluding hydrogens is 340 g/mol. The molecule has 1 unspecified atom stereocenters. The van der Waals surface area contributed by atoms with Gasteiger partial charge < -0.3 is 9.88 Å². The molecule has 0 aliphatic rings. The molecule has 0 aliphatic heterocycles. The van der Waals surface area contributed by atoms with E-state index in [-0.39, 0.29) is 23.6 Å². The minimum Gasteiger partial charge on any atom is -0.352 e. The average Bonchev–Trinajstić information content (AvgIpc) is 2.88. The molecule has 6 nitrogen and oxygen atoms in total. The molecule has 142 valence electrons. The molecule has 6 heteroatoms. The Kier molecular flexibility index (Phi) is 5.17. The Morgan fingerprint density at radius 2 is 1.81 bits per heavy atom. The zero-order valence-electron chi connectivity index (χ0n) is 16.5. The number of nitrogens with zero attached hydrogens (tertiary/aromatic N) is 3. The van der Waals surface area contributed by atoms with Crippen LogP contribution in [0.3, 0.4) is 0 Å². The monoisotopic (exact) mass is 366 g/mol. The van der Waals surface area contributed by atoms with Crippen LogP contribution in [-0.2, 0) is 4.79 Å². The number of para-hydroxylation sites is 1. The van der Waals surface area contributed by atoms with Gasteiger partial charge in [-0.1, -0.05) is 25.1 Å². The Bertz CT molecular complexity index is 1030. The van der Waals surface area contributed by atoms with Crippen LogP contribution in [0, 0.1) is 13.8 Å². The lowest BCUT2D eigenvalue weighted by Crippen LogP contribution is -2.37. The number of hydrogen-bond acceptors (Lipinski definition) is 3. The highest BCUT2D eigenvalue weighted by Gasteiger charge is 2.25. The topological polar surface area (TPSA) is 68.9 Å². The summed E-state index contributed by atoms with van der Waals surface area (Å²) < 4.78 is 3.38. The second-order valence-corrected chi connectivity index (χ2v) is 7.11. The minimum atomic E-state index is -0.357. The fraction of sp³-hybridized carbons (Fsp3) is 0.381.